The molecule has 0 aliphatic rings. The monoisotopic (exact) mass is 304 g/mol. The largest absolute Gasteiger partial charge is 0.478 e. The lowest BCUT2D eigenvalue weighted by Crippen LogP contribution is -2.29. The van der Waals surface area contributed by atoms with Crippen LogP contribution in [0.15, 0.2) is 42.5 Å². The summed E-state index contributed by atoms with van der Waals surface area (Å²) in [5.41, 5.74) is 3.16. The fraction of sp³-hybridized carbons (Fsp3) is 0.235. The van der Waals surface area contributed by atoms with E-state index in [1.165, 1.54) is 0 Å². The average molecular weight is 305 g/mol. The highest BCUT2D eigenvalue weighted by atomic mass is 35.5. The number of carboxylic acid groups (broad SMARTS) is 1. The quantitative estimate of drug-likeness (QED) is 0.907. The number of carbonyl (C=O) groups is 1. The molecule has 2 rings (SSSR count). The van der Waals surface area contributed by atoms with Crippen LogP contribution < -0.4 is 4.74 Å². The Hall–Kier alpha value is -2.00. The van der Waals surface area contributed by atoms with Crippen LogP contribution in [0.3, 0.4) is 0 Å². The smallest absolute Gasteiger partial charge is 0.345 e. The van der Waals surface area contributed by atoms with Crippen LogP contribution in [0.1, 0.15) is 16.7 Å². The third-order valence-corrected chi connectivity index (χ3v) is 3.29. The summed E-state index contributed by atoms with van der Waals surface area (Å²) < 4.78 is 5.56. The molecule has 0 unspecified atom stereocenters. The lowest BCUT2D eigenvalue weighted by atomic mass is 10.0. The molecule has 1 atom stereocenters. The second-order valence-electron chi connectivity index (χ2n) is 5.10. The molecule has 0 fully saturated rings. The van der Waals surface area contributed by atoms with E-state index in [1.54, 1.807) is 24.3 Å². The summed E-state index contributed by atoms with van der Waals surface area (Å²) in [4.78, 5) is 11.4. The number of benzene rings is 2. The number of hydrogen-bond donors (Lipinski definition) is 1. The highest BCUT2D eigenvalue weighted by Gasteiger charge is 2.20. The normalized spacial score (nSPS) is 12.0. The Morgan fingerprint density at radius 1 is 1.19 bits per heavy atom. The fourth-order valence-corrected chi connectivity index (χ4v) is 2.47. The van der Waals surface area contributed by atoms with Crippen LogP contribution in [0, 0.1) is 13.8 Å². The van der Waals surface area contributed by atoms with Gasteiger partial charge in [0, 0.05) is 11.4 Å². The Morgan fingerprint density at radius 3 is 2.43 bits per heavy atom. The van der Waals surface area contributed by atoms with Crippen LogP contribution in [0.25, 0.3) is 0 Å². The number of ether oxygens (including phenoxy) is 1. The standard InChI is InChI=1S/C17H17ClO3/c1-11-6-12(2)8-13(7-11)9-16(17(19)20)21-15-5-3-4-14(18)10-15/h3-8,10,16H,9H2,1-2H3,(H,19,20)/t16-/m1/s1. The summed E-state index contributed by atoms with van der Waals surface area (Å²) in [5, 5.41) is 9.86. The lowest BCUT2D eigenvalue weighted by molar-refractivity contribution is -0.145. The Bertz CT molecular complexity index is 632. The molecule has 0 bridgehead atoms. The molecule has 0 aliphatic heterocycles. The molecule has 1 N–H and O–H groups in total. The van der Waals surface area contributed by atoms with Crippen molar-refractivity contribution in [1.82, 2.24) is 0 Å². The van der Waals surface area contributed by atoms with Gasteiger partial charge in [-0.2, -0.15) is 0 Å². The maximum Gasteiger partial charge on any atom is 0.345 e. The Balaban J connectivity index is 2.17. The van der Waals surface area contributed by atoms with Crippen LogP contribution in [-0.4, -0.2) is 17.2 Å². The molecular formula is C17H17ClO3. The molecule has 2 aromatic rings. The predicted molar refractivity (Wildman–Crippen MR) is 83.1 cm³/mol. The van der Waals surface area contributed by atoms with E-state index in [9.17, 15) is 9.90 Å². The molecular weight excluding hydrogens is 288 g/mol. The van der Waals surface area contributed by atoms with Crippen molar-refractivity contribution in [3.05, 3.63) is 64.2 Å². The van der Waals surface area contributed by atoms with E-state index in [4.69, 9.17) is 16.3 Å². The van der Waals surface area contributed by atoms with Crippen molar-refractivity contribution < 1.29 is 14.6 Å². The van der Waals surface area contributed by atoms with Crippen LogP contribution in [0.2, 0.25) is 5.02 Å². The highest BCUT2D eigenvalue weighted by molar-refractivity contribution is 6.30. The Morgan fingerprint density at radius 2 is 1.86 bits per heavy atom. The van der Waals surface area contributed by atoms with E-state index in [0.29, 0.717) is 17.2 Å². The average Bonchev–Trinajstić information content (AvgIpc) is 2.36. The number of halogens is 1. The molecule has 0 saturated carbocycles. The molecule has 2 aromatic carbocycles. The van der Waals surface area contributed by atoms with Crippen LogP contribution in [-0.2, 0) is 11.2 Å². The van der Waals surface area contributed by atoms with Crippen molar-refractivity contribution >= 4 is 17.6 Å². The summed E-state index contributed by atoms with van der Waals surface area (Å²) in [6.45, 7) is 3.98. The first-order chi connectivity index (χ1) is 9.94. The summed E-state index contributed by atoms with van der Waals surface area (Å²) in [7, 11) is 0. The van der Waals surface area contributed by atoms with Gasteiger partial charge in [-0.05, 0) is 37.6 Å². The predicted octanol–water partition coefficient (Wildman–Crippen LogP) is 4.03. The third-order valence-electron chi connectivity index (χ3n) is 3.05. The topological polar surface area (TPSA) is 46.5 Å². The highest BCUT2D eigenvalue weighted by Crippen LogP contribution is 2.20. The second kappa shape index (κ2) is 6.64. The zero-order valence-electron chi connectivity index (χ0n) is 12.0. The molecule has 0 aromatic heterocycles. The van der Waals surface area contributed by atoms with Gasteiger partial charge in [0.2, 0.25) is 0 Å². The molecule has 0 spiro atoms. The van der Waals surface area contributed by atoms with Gasteiger partial charge in [0.05, 0.1) is 0 Å². The van der Waals surface area contributed by atoms with E-state index in [1.807, 2.05) is 26.0 Å². The summed E-state index contributed by atoms with van der Waals surface area (Å²) in [5.74, 6) is -0.534. The maximum atomic E-state index is 11.4. The maximum absolute atomic E-state index is 11.4. The summed E-state index contributed by atoms with van der Waals surface area (Å²) in [6, 6.07) is 12.8. The van der Waals surface area contributed by atoms with Crippen LogP contribution in [0.4, 0.5) is 0 Å². The molecule has 3 nitrogen and oxygen atoms in total. The minimum absolute atomic E-state index is 0.310. The summed E-state index contributed by atoms with van der Waals surface area (Å²) in [6.07, 6.45) is -0.630. The van der Waals surface area contributed by atoms with E-state index < -0.39 is 12.1 Å². The second-order valence-corrected chi connectivity index (χ2v) is 5.54. The van der Waals surface area contributed by atoms with Gasteiger partial charge < -0.3 is 9.84 Å². The number of hydrogen-bond acceptors (Lipinski definition) is 2. The first-order valence-corrected chi connectivity index (χ1v) is 7.04. The molecule has 0 saturated heterocycles. The Kier molecular flexibility index (Phi) is 4.86. The third kappa shape index (κ3) is 4.50. The van der Waals surface area contributed by atoms with Gasteiger partial charge in [-0.25, -0.2) is 4.79 Å². The van der Waals surface area contributed by atoms with E-state index in [0.717, 1.165) is 16.7 Å². The van der Waals surface area contributed by atoms with Crippen molar-refractivity contribution in [2.75, 3.05) is 0 Å². The molecule has 21 heavy (non-hydrogen) atoms. The molecule has 0 amide bonds. The van der Waals surface area contributed by atoms with Crippen molar-refractivity contribution in [1.29, 1.82) is 0 Å². The van der Waals surface area contributed by atoms with Crippen molar-refractivity contribution in [2.24, 2.45) is 0 Å². The van der Waals surface area contributed by atoms with Gasteiger partial charge in [0.1, 0.15) is 5.75 Å². The van der Waals surface area contributed by atoms with E-state index in [-0.39, 0.29) is 0 Å². The lowest BCUT2D eigenvalue weighted by Gasteiger charge is -2.16. The van der Waals surface area contributed by atoms with Crippen molar-refractivity contribution in [2.45, 2.75) is 26.4 Å². The zero-order valence-corrected chi connectivity index (χ0v) is 12.7. The van der Waals surface area contributed by atoms with E-state index >= 15 is 0 Å². The Labute approximate surface area is 129 Å². The van der Waals surface area contributed by atoms with E-state index in [2.05, 4.69) is 6.07 Å². The fourth-order valence-electron chi connectivity index (χ4n) is 2.28. The van der Waals surface area contributed by atoms with Gasteiger partial charge in [0.25, 0.3) is 0 Å². The van der Waals surface area contributed by atoms with Crippen molar-refractivity contribution in [3.8, 4) is 5.75 Å². The number of aliphatic carboxylic acids is 1. The first kappa shape index (κ1) is 15.4. The molecule has 4 heteroatoms. The molecule has 110 valence electrons. The molecule has 0 radical (unpaired) electrons. The number of aryl methyl sites for hydroxylation is 2. The minimum Gasteiger partial charge on any atom is -0.478 e. The number of carboxylic acids is 1. The van der Waals surface area contributed by atoms with Crippen LogP contribution in [0.5, 0.6) is 5.75 Å². The SMILES string of the molecule is Cc1cc(C)cc(C[C@@H](Oc2cccc(Cl)c2)C(=O)O)c1. The summed E-state index contributed by atoms with van der Waals surface area (Å²) >= 11 is 5.88. The van der Waals surface area contributed by atoms with Gasteiger partial charge in [-0.15, -0.1) is 0 Å². The molecule has 0 heterocycles. The minimum atomic E-state index is -0.992. The zero-order chi connectivity index (χ0) is 15.4. The van der Waals surface area contributed by atoms with Gasteiger partial charge in [-0.1, -0.05) is 47.0 Å². The van der Waals surface area contributed by atoms with Gasteiger partial charge >= 0.3 is 5.97 Å². The number of rotatable bonds is 5. The first-order valence-electron chi connectivity index (χ1n) is 6.66. The van der Waals surface area contributed by atoms with Gasteiger partial charge in [-0.3, -0.25) is 0 Å². The van der Waals surface area contributed by atoms with Crippen LogP contribution >= 0.6 is 11.6 Å². The van der Waals surface area contributed by atoms with Crippen molar-refractivity contribution in [3.63, 3.8) is 0 Å². The molecule has 0 aliphatic carbocycles. The van der Waals surface area contributed by atoms with Gasteiger partial charge in [0.15, 0.2) is 6.10 Å².